The molecular formula is C13H14N2O3S. The van der Waals surface area contributed by atoms with Gasteiger partial charge in [0.05, 0.1) is 11.5 Å². The van der Waals surface area contributed by atoms with Crippen molar-refractivity contribution < 1.29 is 12.6 Å². The van der Waals surface area contributed by atoms with Gasteiger partial charge in [0.1, 0.15) is 5.82 Å². The van der Waals surface area contributed by atoms with E-state index in [-0.39, 0.29) is 11.5 Å². The Labute approximate surface area is 112 Å². The minimum Gasteiger partial charge on any atom is -0.261 e. The van der Waals surface area contributed by atoms with Gasteiger partial charge in [-0.2, -0.15) is 8.42 Å². The summed E-state index contributed by atoms with van der Waals surface area (Å²) in [4.78, 5) is 8.10. The number of benzene rings is 1. The van der Waals surface area contributed by atoms with E-state index in [1.54, 1.807) is 31.5 Å². The van der Waals surface area contributed by atoms with Crippen molar-refractivity contribution in [2.24, 2.45) is 0 Å². The van der Waals surface area contributed by atoms with Crippen LogP contribution in [0, 0.1) is 13.8 Å². The van der Waals surface area contributed by atoms with Crippen molar-refractivity contribution >= 4 is 10.1 Å². The van der Waals surface area contributed by atoms with E-state index in [1.165, 1.54) is 12.1 Å². The zero-order chi connectivity index (χ0) is 13.9. The van der Waals surface area contributed by atoms with Gasteiger partial charge in [0.2, 0.25) is 0 Å². The van der Waals surface area contributed by atoms with Crippen LogP contribution in [0.15, 0.2) is 41.6 Å². The fourth-order valence-corrected chi connectivity index (χ4v) is 2.31. The largest absolute Gasteiger partial charge is 0.297 e. The molecule has 0 aliphatic heterocycles. The second-order valence-electron chi connectivity index (χ2n) is 4.17. The summed E-state index contributed by atoms with van der Waals surface area (Å²) in [7, 11) is -3.74. The summed E-state index contributed by atoms with van der Waals surface area (Å²) in [5.41, 5.74) is 1.60. The standard InChI is InChI=1S/C13H14N2O3S/c1-10-3-5-13(6-4-10)19(16,17)18-9-12-7-14-11(2)15-8-12/h3-8H,9H2,1-2H3. The number of hydrogen-bond donors (Lipinski definition) is 0. The minimum absolute atomic E-state index is 0.0729. The normalized spacial score (nSPS) is 11.5. The van der Waals surface area contributed by atoms with Gasteiger partial charge in [-0.3, -0.25) is 4.18 Å². The molecule has 0 saturated heterocycles. The maximum atomic E-state index is 11.9. The van der Waals surface area contributed by atoms with Gasteiger partial charge in [0.25, 0.3) is 10.1 Å². The van der Waals surface area contributed by atoms with Gasteiger partial charge < -0.3 is 0 Å². The van der Waals surface area contributed by atoms with E-state index in [0.717, 1.165) is 5.56 Å². The third-order valence-corrected chi connectivity index (χ3v) is 3.80. The molecule has 0 amide bonds. The smallest absolute Gasteiger partial charge is 0.261 e. The molecule has 0 aliphatic carbocycles. The van der Waals surface area contributed by atoms with Crippen LogP contribution in [0.2, 0.25) is 0 Å². The molecule has 0 N–H and O–H groups in total. The first kappa shape index (κ1) is 13.6. The molecule has 0 bridgehead atoms. The lowest BCUT2D eigenvalue weighted by Crippen LogP contribution is -2.07. The maximum absolute atomic E-state index is 11.9. The van der Waals surface area contributed by atoms with E-state index in [1.807, 2.05) is 6.92 Å². The fourth-order valence-electron chi connectivity index (χ4n) is 1.41. The van der Waals surface area contributed by atoms with Crippen LogP contribution in [0.3, 0.4) is 0 Å². The first-order valence-electron chi connectivity index (χ1n) is 5.71. The monoisotopic (exact) mass is 278 g/mol. The Morgan fingerprint density at radius 3 is 2.21 bits per heavy atom. The van der Waals surface area contributed by atoms with Crippen molar-refractivity contribution in [3.63, 3.8) is 0 Å². The first-order chi connectivity index (χ1) is 8.97. The Balaban J connectivity index is 2.09. The van der Waals surface area contributed by atoms with Crippen molar-refractivity contribution in [1.29, 1.82) is 0 Å². The average molecular weight is 278 g/mol. The summed E-state index contributed by atoms with van der Waals surface area (Å²) in [5, 5.41) is 0. The van der Waals surface area contributed by atoms with Crippen LogP contribution in [0.25, 0.3) is 0 Å². The van der Waals surface area contributed by atoms with E-state index >= 15 is 0 Å². The number of aryl methyl sites for hydroxylation is 2. The summed E-state index contributed by atoms with van der Waals surface area (Å²) >= 11 is 0. The Hall–Kier alpha value is -1.79. The van der Waals surface area contributed by atoms with Crippen molar-refractivity contribution in [3.8, 4) is 0 Å². The molecule has 0 saturated carbocycles. The molecule has 5 nitrogen and oxygen atoms in total. The second-order valence-corrected chi connectivity index (χ2v) is 5.78. The van der Waals surface area contributed by atoms with Gasteiger partial charge in [-0.1, -0.05) is 17.7 Å². The van der Waals surface area contributed by atoms with Crippen molar-refractivity contribution in [2.75, 3.05) is 0 Å². The summed E-state index contributed by atoms with van der Waals surface area (Å²) in [5.74, 6) is 0.630. The topological polar surface area (TPSA) is 69.2 Å². The van der Waals surface area contributed by atoms with Crippen molar-refractivity contribution in [2.45, 2.75) is 25.3 Å². The molecule has 0 fully saturated rings. The van der Waals surface area contributed by atoms with Crippen LogP contribution in [0.5, 0.6) is 0 Å². The van der Waals surface area contributed by atoms with Crippen LogP contribution >= 0.6 is 0 Å². The second kappa shape index (κ2) is 5.46. The SMILES string of the molecule is Cc1ccc(S(=O)(=O)OCc2cnc(C)nc2)cc1. The Bertz CT molecular complexity index is 649. The van der Waals surface area contributed by atoms with E-state index in [0.29, 0.717) is 11.4 Å². The molecule has 0 atom stereocenters. The summed E-state index contributed by atoms with van der Waals surface area (Å²) < 4.78 is 28.8. The molecular weight excluding hydrogens is 264 g/mol. The number of nitrogens with zero attached hydrogens (tertiary/aromatic N) is 2. The highest BCUT2D eigenvalue weighted by molar-refractivity contribution is 7.86. The minimum atomic E-state index is -3.74. The highest BCUT2D eigenvalue weighted by Crippen LogP contribution is 2.14. The van der Waals surface area contributed by atoms with Gasteiger partial charge in [-0.05, 0) is 26.0 Å². The zero-order valence-corrected chi connectivity index (χ0v) is 11.5. The Kier molecular flexibility index (Phi) is 3.92. The van der Waals surface area contributed by atoms with Crippen LogP contribution in [-0.2, 0) is 20.9 Å². The molecule has 1 aromatic heterocycles. The molecule has 2 rings (SSSR count). The van der Waals surface area contributed by atoms with Crippen molar-refractivity contribution in [1.82, 2.24) is 9.97 Å². The van der Waals surface area contributed by atoms with E-state index in [4.69, 9.17) is 4.18 Å². The third-order valence-electron chi connectivity index (χ3n) is 2.52. The molecule has 0 aliphatic rings. The lowest BCUT2D eigenvalue weighted by atomic mass is 10.2. The van der Waals surface area contributed by atoms with E-state index in [2.05, 4.69) is 9.97 Å². The van der Waals surface area contributed by atoms with Crippen molar-refractivity contribution in [3.05, 3.63) is 53.6 Å². The molecule has 6 heteroatoms. The predicted octanol–water partition coefficient (Wildman–Crippen LogP) is 2.00. The predicted molar refractivity (Wildman–Crippen MR) is 69.9 cm³/mol. The third kappa shape index (κ3) is 3.59. The summed E-state index contributed by atoms with van der Waals surface area (Å²) in [6.07, 6.45) is 3.10. The van der Waals surface area contributed by atoms with E-state index in [9.17, 15) is 8.42 Å². The number of rotatable bonds is 4. The highest BCUT2D eigenvalue weighted by atomic mass is 32.2. The van der Waals surface area contributed by atoms with Crippen LogP contribution < -0.4 is 0 Å². The Morgan fingerprint density at radius 2 is 1.63 bits per heavy atom. The molecule has 0 unspecified atom stereocenters. The van der Waals surface area contributed by atoms with Crippen LogP contribution in [-0.4, -0.2) is 18.4 Å². The Morgan fingerprint density at radius 1 is 1.05 bits per heavy atom. The molecule has 1 heterocycles. The molecule has 0 spiro atoms. The number of aromatic nitrogens is 2. The average Bonchev–Trinajstić information content (AvgIpc) is 2.39. The highest BCUT2D eigenvalue weighted by Gasteiger charge is 2.15. The van der Waals surface area contributed by atoms with Gasteiger partial charge in [-0.15, -0.1) is 0 Å². The lowest BCUT2D eigenvalue weighted by Gasteiger charge is -2.05. The number of hydrogen-bond acceptors (Lipinski definition) is 5. The van der Waals surface area contributed by atoms with Crippen LogP contribution in [0.4, 0.5) is 0 Å². The maximum Gasteiger partial charge on any atom is 0.297 e. The zero-order valence-electron chi connectivity index (χ0n) is 10.7. The van der Waals surface area contributed by atoms with Crippen LogP contribution in [0.1, 0.15) is 17.0 Å². The van der Waals surface area contributed by atoms with E-state index < -0.39 is 10.1 Å². The van der Waals surface area contributed by atoms with Gasteiger partial charge in [0.15, 0.2) is 0 Å². The molecule has 19 heavy (non-hydrogen) atoms. The molecule has 100 valence electrons. The van der Waals surface area contributed by atoms with Gasteiger partial charge >= 0.3 is 0 Å². The lowest BCUT2D eigenvalue weighted by molar-refractivity contribution is 0.307. The summed E-state index contributed by atoms with van der Waals surface area (Å²) in [6.45, 7) is 3.57. The molecule has 0 radical (unpaired) electrons. The molecule has 2 aromatic rings. The molecule has 1 aromatic carbocycles. The van der Waals surface area contributed by atoms with Gasteiger partial charge in [-0.25, -0.2) is 9.97 Å². The van der Waals surface area contributed by atoms with Gasteiger partial charge in [0, 0.05) is 18.0 Å². The quantitative estimate of drug-likeness (QED) is 0.800. The first-order valence-corrected chi connectivity index (χ1v) is 7.12. The fraction of sp³-hybridized carbons (Fsp3) is 0.231. The summed E-state index contributed by atoms with van der Waals surface area (Å²) in [6, 6.07) is 6.50.